The number of H-pyrrole nitrogens is 1. The second-order valence-corrected chi connectivity index (χ2v) is 5.27. The molecule has 0 fully saturated rings. The van der Waals surface area contributed by atoms with Crippen molar-refractivity contribution < 1.29 is 28.5 Å². The standard InChI is InChI=1S/C15H19N5O7/c1-9(21)25-4-11(5-26-10(2)22)27-8-20-6-16-12-13(20)18-15(17-7-24-3)19-14(12)23/h6-7,11H,4-5,8H2,1-3H3,(H,18,19,23). The van der Waals surface area contributed by atoms with Gasteiger partial charge in [0.1, 0.15) is 26.0 Å². The lowest BCUT2D eigenvalue weighted by Gasteiger charge is -2.17. The molecule has 0 spiro atoms. The largest absolute Gasteiger partial charge is 0.486 e. The van der Waals surface area contributed by atoms with Crippen LogP contribution < -0.4 is 5.56 Å². The number of aromatic nitrogens is 4. The quantitative estimate of drug-likeness (QED) is 0.357. The summed E-state index contributed by atoms with van der Waals surface area (Å²) < 4.78 is 21.6. The van der Waals surface area contributed by atoms with Crippen LogP contribution in [0.3, 0.4) is 0 Å². The van der Waals surface area contributed by atoms with Gasteiger partial charge in [0.15, 0.2) is 17.6 Å². The van der Waals surface area contributed by atoms with Gasteiger partial charge in [-0.05, 0) is 0 Å². The normalized spacial score (nSPS) is 11.3. The smallest absolute Gasteiger partial charge is 0.302 e. The number of aliphatic imine (C=N–C) groups is 1. The predicted molar refractivity (Wildman–Crippen MR) is 91.4 cm³/mol. The Bertz CT molecular complexity index is 870. The number of carbonyl (C=O) groups is 2. The van der Waals surface area contributed by atoms with Crippen LogP contribution in [0.15, 0.2) is 16.1 Å². The number of hydrogen-bond acceptors (Lipinski definition) is 10. The molecule has 0 aliphatic rings. The third-order valence-corrected chi connectivity index (χ3v) is 3.14. The number of nitrogens with one attached hydrogen (secondary N) is 1. The van der Waals surface area contributed by atoms with Crippen LogP contribution in [0, 0.1) is 0 Å². The summed E-state index contributed by atoms with van der Waals surface area (Å²) in [7, 11) is 1.41. The van der Waals surface area contributed by atoms with E-state index in [2.05, 4.69) is 19.9 Å². The number of ether oxygens (including phenoxy) is 4. The van der Waals surface area contributed by atoms with E-state index in [0.29, 0.717) is 0 Å². The molecule has 2 aromatic rings. The van der Waals surface area contributed by atoms with Crippen molar-refractivity contribution in [3.8, 4) is 0 Å². The Balaban J connectivity index is 2.15. The average molecular weight is 381 g/mol. The molecule has 0 amide bonds. The fourth-order valence-corrected chi connectivity index (χ4v) is 1.95. The average Bonchev–Trinajstić information content (AvgIpc) is 3.02. The molecule has 2 rings (SSSR count). The van der Waals surface area contributed by atoms with E-state index in [1.165, 1.54) is 31.9 Å². The van der Waals surface area contributed by atoms with Crippen molar-refractivity contribution >= 4 is 35.5 Å². The number of esters is 2. The zero-order valence-corrected chi connectivity index (χ0v) is 15.0. The van der Waals surface area contributed by atoms with Gasteiger partial charge in [-0.3, -0.25) is 23.9 Å². The summed E-state index contributed by atoms with van der Waals surface area (Å²) in [4.78, 5) is 48.4. The Labute approximate surface area is 153 Å². The van der Waals surface area contributed by atoms with Crippen molar-refractivity contribution in [2.75, 3.05) is 20.3 Å². The van der Waals surface area contributed by atoms with Gasteiger partial charge < -0.3 is 18.9 Å². The third kappa shape index (κ3) is 5.88. The maximum atomic E-state index is 12.0. The highest BCUT2D eigenvalue weighted by molar-refractivity contribution is 5.70. The van der Waals surface area contributed by atoms with Gasteiger partial charge in [-0.15, -0.1) is 0 Å². The fraction of sp³-hybridized carbons (Fsp3) is 0.467. The first-order valence-electron chi connectivity index (χ1n) is 7.79. The van der Waals surface area contributed by atoms with E-state index in [9.17, 15) is 14.4 Å². The Morgan fingerprint density at radius 1 is 1.30 bits per heavy atom. The third-order valence-electron chi connectivity index (χ3n) is 3.14. The first-order chi connectivity index (χ1) is 12.9. The summed E-state index contributed by atoms with van der Waals surface area (Å²) in [5, 5.41) is 0. The minimum absolute atomic E-state index is 0.0347. The zero-order chi connectivity index (χ0) is 19.8. The van der Waals surface area contributed by atoms with Crippen LogP contribution >= 0.6 is 0 Å². The number of aromatic amines is 1. The van der Waals surface area contributed by atoms with E-state index in [1.54, 1.807) is 0 Å². The van der Waals surface area contributed by atoms with Crippen LogP contribution in [0.2, 0.25) is 0 Å². The Morgan fingerprint density at radius 3 is 2.56 bits per heavy atom. The molecule has 0 saturated heterocycles. The highest BCUT2D eigenvalue weighted by Crippen LogP contribution is 2.10. The molecule has 146 valence electrons. The van der Waals surface area contributed by atoms with E-state index in [1.807, 2.05) is 0 Å². The summed E-state index contributed by atoms with van der Waals surface area (Å²) >= 11 is 0. The van der Waals surface area contributed by atoms with Gasteiger partial charge in [-0.25, -0.2) is 4.98 Å². The monoisotopic (exact) mass is 381 g/mol. The molecule has 0 unspecified atom stereocenters. The van der Waals surface area contributed by atoms with Crippen LogP contribution in [0.25, 0.3) is 11.2 Å². The Morgan fingerprint density at radius 2 is 1.96 bits per heavy atom. The van der Waals surface area contributed by atoms with Crippen LogP contribution in [0.4, 0.5) is 5.95 Å². The maximum Gasteiger partial charge on any atom is 0.302 e. The molecule has 0 aliphatic heterocycles. The van der Waals surface area contributed by atoms with Gasteiger partial charge in [0.05, 0.1) is 13.4 Å². The molecule has 0 bridgehead atoms. The summed E-state index contributed by atoms with van der Waals surface area (Å²) in [6, 6.07) is 0. The SMILES string of the molecule is COC=Nc1nc2c(ncn2COC(COC(C)=O)COC(C)=O)c(=O)[nH]1. The molecular weight excluding hydrogens is 362 g/mol. The van der Waals surface area contributed by atoms with Crippen molar-refractivity contribution in [1.29, 1.82) is 0 Å². The van der Waals surface area contributed by atoms with E-state index < -0.39 is 23.6 Å². The van der Waals surface area contributed by atoms with Crippen molar-refractivity contribution in [1.82, 2.24) is 19.5 Å². The highest BCUT2D eigenvalue weighted by atomic mass is 16.6. The fourth-order valence-electron chi connectivity index (χ4n) is 1.95. The number of fused-ring (bicyclic) bond motifs is 1. The van der Waals surface area contributed by atoms with Crippen molar-refractivity contribution in [3.63, 3.8) is 0 Å². The summed E-state index contributed by atoms with van der Waals surface area (Å²) in [5.74, 6) is -0.950. The molecular formula is C15H19N5O7. The number of methoxy groups -OCH3 is 1. The van der Waals surface area contributed by atoms with Crippen LogP contribution in [0.1, 0.15) is 13.8 Å². The summed E-state index contributed by atoms with van der Waals surface area (Å²) in [6.45, 7) is 2.22. The van der Waals surface area contributed by atoms with Crippen molar-refractivity contribution in [3.05, 3.63) is 16.7 Å². The molecule has 0 aliphatic carbocycles. The van der Waals surface area contributed by atoms with Gasteiger partial charge in [-0.1, -0.05) is 0 Å². The van der Waals surface area contributed by atoms with Crippen LogP contribution in [-0.4, -0.2) is 64.3 Å². The molecule has 0 aromatic carbocycles. The predicted octanol–water partition coefficient (Wildman–Crippen LogP) is -0.105. The zero-order valence-electron chi connectivity index (χ0n) is 15.0. The molecule has 2 aromatic heterocycles. The minimum Gasteiger partial charge on any atom is -0.486 e. The number of carbonyl (C=O) groups excluding carboxylic acids is 2. The molecule has 12 nitrogen and oxygen atoms in total. The second-order valence-electron chi connectivity index (χ2n) is 5.27. The highest BCUT2D eigenvalue weighted by Gasteiger charge is 2.16. The van der Waals surface area contributed by atoms with Gasteiger partial charge in [0.25, 0.3) is 5.56 Å². The van der Waals surface area contributed by atoms with Gasteiger partial charge in [0.2, 0.25) is 5.95 Å². The number of imidazole rings is 1. The molecule has 0 radical (unpaired) electrons. The summed E-state index contributed by atoms with van der Waals surface area (Å²) in [6.07, 6.45) is 1.78. The molecule has 1 N–H and O–H groups in total. The summed E-state index contributed by atoms with van der Waals surface area (Å²) in [5.41, 5.74) is -0.134. The lowest BCUT2D eigenvalue weighted by molar-refractivity contribution is -0.154. The number of rotatable bonds is 9. The van der Waals surface area contributed by atoms with E-state index in [4.69, 9.17) is 18.9 Å². The van der Waals surface area contributed by atoms with Crippen molar-refractivity contribution in [2.45, 2.75) is 26.7 Å². The van der Waals surface area contributed by atoms with Gasteiger partial charge in [-0.2, -0.15) is 9.98 Å². The first kappa shape index (κ1) is 20.0. The number of hydrogen-bond donors (Lipinski definition) is 1. The van der Waals surface area contributed by atoms with E-state index in [0.717, 1.165) is 6.40 Å². The topological polar surface area (TPSA) is 147 Å². The lowest BCUT2D eigenvalue weighted by atomic mass is 10.4. The Hall–Kier alpha value is -3.28. The molecule has 12 heteroatoms. The second kappa shape index (κ2) is 9.43. The van der Waals surface area contributed by atoms with E-state index >= 15 is 0 Å². The maximum absolute atomic E-state index is 12.0. The molecule has 27 heavy (non-hydrogen) atoms. The first-order valence-corrected chi connectivity index (χ1v) is 7.79. The lowest BCUT2D eigenvalue weighted by Crippen LogP contribution is -2.28. The van der Waals surface area contributed by atoms with Gasteiger partial charge in [0, 0.05) is 13.8 Å². The van der Waals surface area contributed by atoms with Crippen LogP contribution in [-0.2, 0) is 35.3 Å². The molecule has 0 atom stereocenters. The molecule has 0 saturated carbocycles. The Kier molecular flexibility index (Phi) is 7.00. The van der Waals surface area contributed by atoms with E-state index in [-0.39, 0.29) is 37.1 Å². The molecule has 2 heterocycles. The number of nitrogens with zero attached hydrogens (tertiary/aromatic N) is 4. The van der Waals surface area contributed by atoms with Gasteiger partial charge >= 0.3 is 11.9 Å². The van der Waals surface area contributed by atoms with Crippen LogP contribution in [0.5, 0.6) is 0 Å². The van der Waals surface area contributed by atoms with Crippen molar-refractivity contribution in [2.24, 2.45) is 4.99 Å². The minimum atomic E-state index is -0.705.